The van der Waals surface area contributed by atoms with Gasteiger partial charge >= 0.3 is 5.97 Å². The SMILES string of the molecule is CC(O)(CC(=O)C1C2CC3CC(C2)CC1C3)C(=O)O. The van der Waals surface area contributed by atoms with Crippen LogP contribution >= 0.6 is 0 Å². The van der Waals surface area contributed by atoms with Crippen LogP contribution in [0.3, 0.4) is 0 Å². The van der Waals surface area contributed by atoms with E-state index in [2.05, 4.69) is 0 Å². The summed E-state index contributed by atoms with van der Waals surface area (Å²) in [6.45, 7) is 1.23. The first-order chi connectivity index (χ1) is 8.87. The number of carbonyl (C=O) groups excluding carboxylic acids is 1. The van der Waals surface area contributed by atoms with Crippen LogP contribution in [0.15, 0.2) is 0 Å². The van der Waals surface area contributed by atoms with E-state index in [1.54, 1.807) is 0 Å². The van der Waals surface area contributed by atoms with Crippen LogP contribution in [0.2, 0.25) is 0 Å². The van der Waals surface area contributed by atoms with Crippen LogP contribution in [0, 0.1) is 29.6 Å². The van der Waals surface area contributed by atoms with Crippen LogP contribution in [0.1, 0.15) is 45.4 Å². The van der Waals surface area contributed by atoms with Crippen molar-refractivity contribution in [3.05, 3.63) is 0 Å². The molecule has 4 heteroatoms. The predicted octanol–water partition coefficient (Wildman–Crippen LogP) is 1.85. The third kappa shape index (κ3) is 2.20. The monoisotopic (exact) mass is 266 g/mol. The summed E-state index contributed by atoms with van der Waals surface area (Å²) < 4.78 is 0. The number of carboxylic acids is 1. The molecule has 106 valence electrons. The van der Waals surface area contributed by atoms with Crippen molar-refractivity contribution in [3.63, 3.8) is 0 Å². The molecular formula is C15H22O4. The first kappa shape index (κ1) is 13.1. The van der Waals surface area contributed by atoms with Crippen LogP contribution in [-0.2, 0) is 9.59 Å². The minimum absolute atomic E-state index is 0.0126. The molecule has 4 bridgehead atoms. The van der Waals surface area contributed by atoms with Gasteiger partial charge in [0.05, 0.1) is 0 Å². The lowest BCUT2D eigenvalue weighted by Gasteiger charge is -2.54. The lowest BCUT2D eigenvalue weighted by Crippen LogP contribution is -2.50. The highest BCUT2D eigenvalue weighted by Crippen LogP contribution is 2.57. The quantitative estimate of drug-likeness (QED) is 0.814. The van der Waals surface area contributed by atoms with E-state index in [1.807, 2.05) is 0 Å². The molecule has 19 heavy (non-hydrogen) atoms. The van der Waals surface area contributed by atoms with Gasteiger partial charge in [0, 0.05) is 12.3 Å². The third-order valence-corrected chi connectivity index (χ3v) is 5.58. The molecule has 4 aliphatic carbocycles. The topological polar surface area (TPSA) is 74.6 Å². The number of aliphatic carboxylic acids is 1. The molecule has 0 aromatic heterocycles. The predicted molar refractivity (Wildman–Crippen MR) is 68.4 cm³/mol. The molecule has 0 aliphatic heterocycles. The molecule has 4 saturated carbocycles. The van der Waals surface area contributed by atoms with Crippen molar-refractivity contribution < 1.29 is 19.8 Å². The Kier molecular flexibility index (Phi) is 2.97. The molecule has 0 aromatic carbocycles. The molecule has 0 saturated heterocycles. The fraction of sp³-hybridized carbons (Fsp3) is 0.867. The summed E-state index contributed by atoms with van der Waals surface area (Å²) in [5.41, 5.74) is -1.91. The van der Waals surface area contributed by atoms with E-state index in [9.17, 15) is 14.7 Å². The van der Waals surface area contributed by atoms with Gasteiger partial charge in [0.15, 0.2) is 5.60 Å². The Labute approximate surface area is 113 Å². The minimum atomic E-state index is -1.91. The summed E-state index contributed by atoms with van der Waals surface area (Å²) in [6.07, 6.45) is 5.64. The van der Waals surface area contributed by atoms with E-state index < -0.39 is 11.6 Å². The van der Waals surface area contributed by atoms with Gasteiger partial charge in [-0.2, -0.15) is 0 Å². The number of ketones is 1. The molecule has 4 fully saturated rings. The lowest BCUT2D eigenvalue weighted by atomic mass is 9.51. The number of Topliss-reactive ketones (excluding diaryl/α,β-unsaturated/α-hetero) is 1. The van der Waals surface area contributed by atoms with Gasteiger partial charge in [-0.05, 0) is 62.7 Å². The Hall–Kier alpha value is -0.900. The average Bonchev–Trinajstić information content (AvgIpc) is 2.26. The molecular weight excluding hydrogens is 244 g/mol. The van der Waals surface area contributed by atoms with E-state index in [0.29, 0.717) is 11.8 Å². The van der Waals surface area contributed by atoms with Crippen molar-refractivity contribution in [1.82, 2.24) is 0 Å². The summed E-state index contributed by atoms with van der Waals surface area (Å²) in [4.78, 5) is 23.4. The maximum Gasteiger partial charge on any atom is 0.335 e. The average molecular weight is 266 g/mol. The van der Waals surface area contributed by atoms with Crippen LogP contribution < -0.4 is 0 Å². The van der Waals surface area contributed by atoms with E-state index in [-0.39, 0.29) is 18.1 Å². The molecule has 0 spiro atoms. The zero-order valence-electron chi connectivity index (χ0n) is 11.3. The Morgan fingerprint density at radius 2 is 1.53 bits per heavy atom. The van der Waals surface area contributed by atoms with Gasteiger partial charge in [-0.3, -0.25) is 4.79 Å². The minimum Gasteiger partial charge on any atom is -0.479 e. The van der Waals surface area contributed by atoms with Crippen molar-refractivity contribution in [3.8, 4) is 0 Å². The number of aliphatic hydroxyl groups is 1. The highest BCUT2D eigenvalue weighted by Gasteiger charge is 2.51. The second-order valence-corrected chi connectivity index (χ2v) is 7.18. The Bertz CT molecular complexity index is 384. The Morgan fingerprint density at radius 3 is 1.95 bits per heavy atom. The van der Waals surface area contributed by atoms with Gasteiger partial charge < -0.3 is 10.2 Å². The summed E-state index contributed by atoms with van der Waals surface area (Å²) in [6, 6.07) is 0. The van der Waals surface area contributed by atoms with Crippen molar-refractivity contribution in [2.45, 2.75) is 51.0 Å². The first-order valence-corrected chi connectivity index (χ1v) is 7.35. The van der Waals surface area contributed by atoms with Crippen LogP contribution in [-0.4, -0.2) is 27.6 Å². The smallest absolute Gasteiger partial charge is 0.335 e. The summed E-state index contributed by atoms with van der Waals surface area (Å²) in [5, 5.41) is 18.7. The Balaban J connectivity index is 1.72. The molecule has 0 amide bonds. The number of rotatable bonds is 4. The zero-order chi connectivity index (χ0) is 13.8. The van der Waals surface area contributed by atoms with Gasteiger partial charge in [-0.15, -0.1) is 0 Å². The number of hydrogen-bond donors (Lipinski definition) is 2. The number of carbonyl (C=O) groups is 2. The number of carboxylic acid groups (broad SMARTS) is 1. The number of hydrogen-bond acceptors (Lipinski definition) is 3. The second-order valence-electron chi connectivity index (χ2n) is 7.18. The van der Waals surface area contributed by atoms with E-state index in [1.165, 1.54) is 13.3 Å². The van der Waals surface area contributed by atoms with Crippen molar-refractivity contribution in [2.75, 3.05) is 0 Å². The van der Waals surface area contributed by atoms with Gasteiger partial charge in [0.2, 0.25) is 0 Å². The van der Waals surface area contributed by atoms with E-state index >= 15 is 0 Å². The van der Waals surface area contributed by atoms with Gasteiger partial charge in [0.25, 0.3) is 0 Å². The van der Waals surface area contributed by atoms with Gasteiger partial charge in [-0.1, -0.05) is 0 Å². The normalized spacial score (nSPS) is 42.9. The molecule has 0 radical (unpaired) electrons. The molecule has 1 atom stereocenters. The fourth-order valence-corrected chi connectivity index (χ4v) is 4.98. The van der Waals surface area contributed by atoms with Gasteiger partial charge in [0.1, 0.15) is 5.78 Å². The largest absolute Gasteiger partial charge is 0.479 e. The molecule has 0 heterocycles. The third-order valence-electron chi connectivity index (χ3n) is 5.58. The fourth-order valence-electron chi connectivity index (χ4n) is 4.98. The van der Waals surface area contributed by atoms with E-state index in [0.717, 1.165) is 37.5 Å². The summed E-state index contributed by atoms with van der Waals surface area (Å²) in [7, 11) is 0. The second kappa shape index (κ2) is 4.30. The lowest BCUT2D eigenvalue weighted by molar-refractivity contribution is -0.162. The maximum absolute atomic E-state index is 12.4. The van der Waals surface area contributed by atoms with Crippen molar-refractivity contribution in [1.29, 1.82) is 0 Å². The molecule has 4 nitrogen and oxygen atoms in total. The summed E-state index contributed by atoms with van der Waals surface area (Å²) in [5.74, 6) is 1.18. The van der Waals surface area contributed by atoms with Gasteiger partial charge in [-0.25, -0.2) is 4.79 Å². The highest BCUT2D eigenvalue weighted by molar-refractivity contribution is 5.89. The van der Waals surface area contributed by atoms with Crippen molar-refractivity contribution in [2.24, 2.45) is 29.6 Å². The molecule has 2 N–H and O–H groups in total. The zero-order valence-corrected chi connectivity index (χ0v) is 11.3. The molecule has 1 unspecified atom stereocenters. The van der Waals surface area contributed by atoms with Crippen molar-refractivity contribution >= 4 is 11.8 Å². The first-order valence-electron chi connectivity index (χ1n) is 7.35. The van der Waals surface area contributed by atoms with Crippen LogP contribution in [0.5, 0.6) is 0 Å². The maximum atomic E-state index is 12.4. The molecule has 4 rings (SSSR count). The molecule has 0 aromatic rings. The van der Waals surface area contributed by atoms with Crippen LogP contribution in [0.25, 0.3) is 0 Å². The Morgan fingerprint density at radius 1 is 1.05 bits per heavy atom. The van der Waals surface area contributed by atoms with Crippen LogP contribution in [0.4, 0.5) is 0 Å². The standard InChI is InChI=1S/C15H22O4/c1-15(19,14(17)18)7-12(16)13-10-3-8-2-9(5-10)6-11(13)4-8/h8-11,13,19H,2-7H2,1H3,(H,17,18). The van der Waals surface area contributed by atoms with E-state index in [4.69, 9.17) is 5.11 Å². The highest BCUT2D eigenvalue weighted by atomic mass is 16.4. The summed E-state index contributed by atoms with van der Waals surface area (Å²) >= 11 is 0. The molecule has 4 aliphatic rings.